The fourth-order valence-corrected chi connectivity index (χ4v) is 3.06. The van der Waals surface area contributed by atoms with Crippen molar-refractivity contribution in [2.75, 3.05) is 26.2 Å². The Morgan fingerprint density at radius 2 is 2.20 bits per heavy atom. The van der Waals surface area contributed by atoms with Crippen LogP contribution in [-0.2, 0) is 4.74 Å². The predicted molar refractivity (Wildman–Crippen MR) is 61.8 cm³/mol. The number of hydrogen-bond donors (Lipinski definition) is 1. The molecule has 2 aliphatic rings. The first-order valence-electron chi connectivity index (χ1n) is 6.27. The maximum absolute atomic E-state index is 5.96. The molecule has 1 saturated heterocycles. The van der Waals surface area contributed by atoms with Crippen LogP contribution in [0.15, 0.2) is 0 Å². The van der Waals surface area contributed by atoms with Crippen LogP contribution in [0.5, 0.6) is 0 Å². The van der Waals surface area contributed by atoms with Crippen molar-refractivity contribution >= 4 is 0 Å². The standard InChI is InChI=1S/C12H24N2O/c1-3-15-11-6-12(7-11,9-13)14-5-4-10(2)8-14/h10-11H,3-9,13H2,1-2H3. The molecule has 0 amide bonds. The third kappa shape index (κ3) is 2.05. The second-order valence-electron chi connectivity index (χ2n) is 5.25. The molecule has 15 heavy (non-hydrogen) atoms. The van der Waals surface area contributed by atoms with Gasteiger partial charge < -0.3 is 10.5 Å². The quantitative estimate of drug-likeness (QED) is 0.761. The van der Waals surface area contributed by atoms with Crippen molar-refractivity contribution in [3.8, 4) is 0 Å². The average molecular weight is 212 g/mol. The highest BCUT2D eigenvalue weighted by Crippen LogP contribution is 2.41. The van der Waals surface area contributed by atoms with Crippen LogP contribution in [0.4, 0.5) is 0 Å². The molecule has 0 spiro atoms. The molecule has 0 aromatic carbocycles. The van der Waals surface area contributed by atoms with Crippen molar-refractivity contribution in [2.24, 2.45) is 11.7 Å². The Bertz CT molecular complexity index is 214. The van der Waals surface area contributed by atoms with Gasteiger partial charge in [-0.05, 0) is 38.6 Å². The summed E-state index contributed by atoms with van der Waals surface area (Å²) in [5, 5.41) is 0. The van der Waals surface area contributed by atoms with Crippen LogP contribution >= 0.6 is 0 Å². The topological polar surface area (TPSA) is 38.5 Å². The van der Waals surface area contributed by atoms with Crippen molar-refractivity contribution in [1.29, 1.82) is 0 Å². The monoisotopic (exact) mass is 212 g/mol. The Morgan fingerprint density at radius 3 is 2.67 bits per heavy atom. The summed E-state index contributed by atoms with van der Waals surface area (Å²) in [5.74, 6) is 0.847. The van der Waals surface area contributed by atoms with Crippen LogP contribution in [0.1, 0.15) is 33.1 Å². The average Bonchev–Trinajstić information content (AvgIpc) is 2.58. The van der Waals surface area contributed by atoms with Gasteiger partial charge in [0.25, 0.3) is 0 Å². The maximum Gasteiger partial charge on any atom is 0.0611 e. The summed E-state index contributed by atoms with van der Waals surface area (Å²) in [4.78, 5) is 2.60. The van der Waals surface area contributed by atoms with Crippen LogP contribution < -0.4 is 5.73 Å². The Hall–Kier alpha value is -0.120. The SMILES string of the molecule is CCOC1CC(CN)(N2CCC(C)C2)C1. The molecule has 3 nitrogen and oxygen atoms in total. The minimum absolute atomic E-state index is 0.282. The highest BCUT2D eigenvalue weighted by Gasteiger charge is 2.49. The van der Waals surface area contributed by atoms with Gasteiger partial charge in [-0.25, -0.2) is 0 Å². The Morgan fingerprint density at radius 1 is 1.47 bits per heavy atom. The lowest BCUT2D eigenvalue weighted by atomic mass is 9.73. The highest BCUT2D eigenvalue weighted by molar-refractivity contribution is 5.05. The lowest BCUT2D eigenvalue weighted by Gasteiger charge is -2.52. The van der Waals surface area contributed by atoms with Crippen LogP contribution in [0.2, 0.25) is 0 Å². The normalized spacial score (nSPS) is 41.8. The molecule has 2 rings (SSSR count). The second-order valence-corrected chi connectivity index (χ2v) is 5.25. The maximum atomic E-state index is 5.96. The number of ether oxygens (including phenoxy) is 1. The summed E-state index contributed by atoms with van der Waals surface area (Å²) in [6.45, 7) is 8.50. The summed E-state index contributed by atoms with van der Waals surface area (Å²) < 4.78 is 5.64. The van der Waals surface area contributed by atoms with E-state index in [4.69, 9.17) is 10.5 Å². The number of rotatable bonds is 4. The van der Waals surface area contributed by atoms with Gasteiger partial charge >= 0.3 is 0 Å². The number of likely N-dealkylation sites (tertiary alicyclic amines) is 1. The highest BCUT2D eigenvalue weighted by atomic mass is 16.5. The fourth-order valence-electron chi connectivity index (χ4n) is 3.06. The summed E-state index contributed by atoms with van der Waals surface area (Å²) in [7, 11) is 0. The van der Waals surface area contributed by atoms with Crippen molar-refractivity contribution in [2.45, 2.75) is 44.8 Å². The Balaban J connectivity index is 1.89. The summed E-state index contributed by atoms with van der Waals surface area (Å²) in [6.07, 6.45) is 4.09. The van der Waals surface area contributed by atoms with Gasteiger partial charge in [-0.15, -0.1) is 0 Å². The zero-order valence-corrected chi connectivity index (χ0v) is 10.0. The van der Waals surface area contributed by atoms with Crippen molar-refractivity contribution in [3.05, 3.63) is 0 Å². The molecule has 0 bridgehead atoms. The van der Waals surface area contributed by atoms with E-state index in [0.717, 1.165) is 31.9 Å². The summed E-state index contributed by atoms with van der Waals surface area (Å²) in [6, 6.07) is 0. The number of nitrogens with zero attached hydrogens (tertiary/aromatic N) is 1. The molecule has 0 radical (unpaired) electrons. The molecule has 1 heterocycles. The first-order chi connectivity index (χ1) is 7.20. The third-order valence-electron chi connectivity index (χ3n) is 4.09. The fraction of sp³-hybridized carbons (Fsp3) is 1.00. The van der Waals surface area contributed by atoms with E-state index >= 15 is 0 Å². The summed E-state index contributed by atoms with van der Waals surface area (Å²) in [5.41, 5.74) is 6.24. The van der Waals surface area contributed by atoms with Crippen molar-refractivity contribution in [3.63, 3.8) is 0 Å². The molecule has 0 aromatic rings. The van der Waals surface area contributed by atoms with Crippen LogP contribution in [0.3, 0.4) is 0 Å². The van der Waals surface area contributed by atoms with Crippen molar-refractivity contribution < 1.29 is 4.74 Å². The molecule has 1 aliphatic heterocycles. The van der Waals surface area contributed by atoms with Gasteiger partial charge in [-0.1, -0.05) is 6.92 Å². The van der Waals surface area contributed by atoms with E-state index in [2.05, 4.69) is 18.7 Å². The Kier molecular flexibility index (Phi) is 3.33. The van der Waals surface area contributed by atoms with Crippen LogP contribution in [-0.4, -0.2) is 42.8 Å². The third-order valence-corrected chi connectivity index (χ3v) is 4.09. The molecular weight excluding hydrogens is 188 g/mol. The van der Waals surface area contributed by atoms with E-state index in [-0.39, 0.29) is 5.54 Å². The Labute approximate surface area is 93.0 Å². The van der Waals surface area contributed by atoms with Gasteiger partial charge in [0.15, 0.2) is 0 Å². The van der Waals surface area contributed by atoms with Crippen molar-refractivity contribution in [1.82, 2.24) is 4.90 Å². The molecule has 1 unspecified atom stereocenters. The number of nitrogens with two attached hydrogens (primary N) is 1. The van der Waals surface area contributed by atoms with Gasteiger partial charge in [0.1, 0.15) is 0 Å². The minimum Gasteiger partial charge on any atom is -0.378 e. The molecule has 1 aliphatic carbocycles. The zero-order valence-electron chi connectivity index (χ0n) is 10.0. The predicted octanol–water partition coefficient (Wildman–Crippen LogP) is 1.22. The smallest absolute Gasteiger partial charge is 0.0611 e. The van der Waals surface area contributed by atoms with Gasteiger partial charge in [0, 0.05) is 25.2 Å². The molecule has 2 fully saturated rings. The van der Waals surface area contributed by atoms with E-state index in [1.54, 1.807) is 0 Å². The van der Waals surface area contributed by atoms with E-state index < -0.39 is 0 Å². The first-order valence-corrected chi connectivity index (χ1v) is 6.27. The van der Waals surface area contributed by atoms with E-state index in [9.17, 15) is 0 Å². The molecule has 1 atom stereocenters. The van der Waals surface area contributed by atoms with Gasteiger partial charge in [-0.3, -0.25) is 4.90 Å². The van der Waals surface area contributed by atoms with E-state index in [0.29, 0.717) is 6.10 Å². The lowest BCUT2D eigenvalue weighted by Crippen LogP contribution is -2.63. The molecule has 3 heteroatoms. The summed E-state index contributed by atoms with van der Waals surface area (Å²) >= 11 is 0. The lowest BCUT2D eigenvalue weighted by molar-refractivity contribution is -0.0940. The molecule has 0 aromatic heterocycles. The van der Waals surface area contributed by atoms with E-state index in [1.165, 1.54) is 19.5 Å². The molecular formula is C12H24N2O. The van der Waals surface area contributed by atoms with Crippen LogP contribution in [0.25, 0.3) is 0 Å². The van der Waals surface area contributed by atoms with Gasteiger partial charge in [0.2, 0.25) is 0 Å². The first kappa shape index (κ1) is 11.4. The number of hydrogen-bond acceptors (Lipinski definition) is 3. The zero-order chi connectivity index (χ0) is 10.9. The van der Waals surface area contributed by atoms with Gasteiger partial charge in [-0.2, -0.15) is 0 Å². The minimum atomic E-state index is 0.282. The van der Waals surface area contributed by atoms with Gasteiger partial charge in [0.05, 0.1) is 6.10 Å². The largest absolute Gasteiger partial charge is 0.378 e. The van der Waals surface area contributed by atoms with Crippen LogP contribution in [0, 0.1) is 5.92 Å². The molecule has 2 N–H and O–H groups in total. The van der Waals surface area contributed by atoms with E-state index in [1.807, 2.05) is 0 Å². The second kappa shape index (κ2) is 4.40. The molecule has 1 saturated carbocycles. The molecule has 88 valence electrons.